The fourth-order valence-electron chi connectivity index (χ4n) is 6.71. The Labute approximate surface area is 145 Å². The van der Waals surface area contributed by atoms with Crippen molar-refractivity contribution in [3.05, 3.63) is 36.0 Å². The lowest BCUT2D eigenvalue weighted by molar-refractivity contribution is -0.126. The summed E-state index contributed by atoms with van der Waals surface area (Å²) in [6, 6.07) is 0. The second-order valence-electron chi connectivity index (χ2n) is 9.10. The molecule has 128 valence electrons. The van der Waals surface area contributed by atoms with E-state index in [0.29, 0.717) is 23.5 Å². The van der Waals surface area contributed by atoms with Gasteiger partial charge in [-0.15, -0.1) is 0 Å². The molecule has 24 heavy (non-hydrogen) atoms. The molecular formula is C22H28O2. The average molecular weight is 324 g/mol. The van der Waals surface area contributed by atoms with Crippen LogP contribution in [0.25, 0.3) is 0 Å². The van der Waals surface area contributed by atoms with E-state index in [2.05, 4.69) is 32.6 Å². The molecule has 0 aliphatic heterocycles. The normalized spacial score (nSPS) is 46.9. The molecule has 2 heteroatoms. The van der Waals surface area contributed by atoms with Crippen molar-refractivity contribution < 1.29 is 9.59 Å². The van der Waals surface area contributed by atoms with Crippen LogP contribution >= 0.6 is 0 Å². The number of hydrogen-bond donors (Lipinski definition) is 0. The molecule has 2 nitrogen and oxygen atoms in total. The first-order valence-corrected chi connectivity index (χ1v) is 9.40. The Morgan fingerprint density at radius 1 is 1.21 bits per heavy atom. The second-order valence-corrected chi connectivity index (χ2v) is 9.10. The maximum absolute atomic E-state index is 12.2. The first kappa shape index (κ1) is 16.1. The van der Waals surface area contributed by atoms with Gasteiger partial charge in [0.25, 0.3) is 0 Å². The van der Waals surface area contributed by atoms with Gasteiger partial charge < -0.3 is 0 Å². The van der Waals surface area contributed by atoms with E-state index < -0.39 is 0 Å². The monoisotopic (exact) mass is 324 g/mol. The van der Waals surface area contributed by atoms with E-state index >= 15 is 0 Å². The van der Waals surface area contributed by atoms with Crippen molar-refractivity contribution >= 4 is 11.6 Å². The third kappa shape index (κ3) is 1.95. The summed E-state index contributed by atoms with van der Waals surface area (Å²) in [7, 11) is 0. The van der Waals surface area contributed by atoms with Gasteiger partial charge in [0.05, 0.1) is 0 Å². The van der Waals surface area contributed by atoms with Gasteiger partial charge in [0.15, 0.2) is 5.78 Å². The minimum absolute atomic E-state index is 0.0417. The van der Waals surface area contributed by atoms with Crippen molar-refractivity contribution in [1.29, 1.82) is 0 Å². The maximum Gasteiger partial charge on any atom is 0.181 e. The minimum atomic E-state index is 0.0417. The largest absolute Gasteiger partial charge is 0.300 e. The molecule has 0 amide bonds. The fourth-order valence-corrected chi connectivity index (χ4v) is 6.71. The summed E-state index contributed by atoms with van der Waals surface area (Å²) in [5.74, 6) is 2.43. The quantitative estimate of drug-likeness (QED) is 0.657. The summed E-state index contributed by atoms with van der Waals surface area (Å²) in [4.78, 5) is 24.2. The smallest absolute Gasteiger partial charge is 0.181 e. The average Bonchev–Trinajstić information content (AvgIpc) is 2.86. The molecule has 0 heterocycles. The summed E-state index contributed by atoms with van der Waals surface area (Å²) in [6.45, 7) is 10.5. The molecule has 0 bridgehead atoms. The third-order valence-electron chi connectivity index (χ3n) is 8.01. The molecule has 0 radical (unpaired) electrons. The van der Waals surface area contributed by atoms with Crippen molar-refractivity contribution in [2.45, 2.75) is 52.9 Å². The summed E-state index contributed by atoms with van der Waals surface area (Å²) in [5, 5.41) is 0. The van der Waals surface area contributed by atoms with Crippen LogP contribution in [0.4, 0.5) is 0 Å². The van der Waals surface area contributed by atoms with Gasteiger partial charge in [0.1, 0.15) is 5.78 Å². The van der Waals surface area contributed by atoms with Gasteiger partial charge in [-0.1, -0.05) is 32.6 Å². The van der Waals surface area contributed by atoms with Crippen LogP contribution in [-0.2, 0) is 9.59 Å². The van der Waals surface area contributed by atoms with Gasteiger partial charge in [-0.25, -0.2) is 0 Å². The molecule has 0 unspecified atom stereocenters. The zero-order valence-electron chi connectivity index (χ0n) is 15.1. The molecule has 0 aromatic rings. The Bertz CT molecular complexity index is 697. The standard InChI is InChI=1S/C22H28O2/c1-13-12-22(4)15(11-20(13)24)5-6-16-18-8-7-17(14(2)23)21(18,3)10-9-19(16)22/h5-6,11,16-19H,1,7-10,12H2,2-4H3/t16-,17+,18-,19-,21+,22-/m0/s1. The SMILES string of the molecule is C=C1C[C@@]2(C)C(=CC1=O)C=C[C@H]1[C@@H]3CC[C@H](C(C)=O)[C@@]3(C)CC[C@@H]12. The van der Waals surface area contributed by atoms with Crippen LogP contribution in [-0.4, -0.2) is 11.6 Å². The third-order valence-corrected chi connectivity index (χ3v) is 8.01. The number of allylic oxidation sites excluding steroid dienone is 5. The number of carbonyl (C=O) groups excluding carboxylic acids is 2. The highest BCUT2D eigenvalue weighted by Crippen LogP contribution is 2.65. The summed E-state index contributed by atoms with van der Waals surface area (Å²) < 4.78 is 0. The van der Waals surface area contributed by atoms with Gasteiger partial charge in [0.2, 0.25) is 0 Å². The van der Waals surface area contributed by atoms with Gasteiger partial charge in [0, 0.05) is 11.3 Å². The molecule has 0 saturated heterocycles. The molecule has 2 saturated carbocycles. The summed E-state index contributed by atoms with van der Waals surface area (Å²) in [5.41, 5.74) is 2.17. The molecule has 0 aromatic heterocycles. The summed E-state index contributed by atoms with van der Waals surface area (Å²) in [6.07, 6.45) is 11.7. The van der Waals surface area contributed by atoms with Crippen molar-refractivity contribution in [1.82, 2.24) is 0 Å². The van der Waals surface area contributed by atoms with Crippen molar-refractivity contribution in [3.63, 3.8) is 0 Å². The van der Waals surface area contributed by atoms with Crippen LogP contribution in [0.1, 0.15) is 52.9 Å². The molecule has 0 spiro atoms. The summed E-state index contributed by atoms with van der Waals surface area (Å²) >= 11 is 0. The Balaban J connectivity index is 1.74. The lowest BCUT2D eigenvalue weighted by Crippen LogP contribution is -2.49. The first-order valence-electron chi connectivity index (χ1n) is 9.40. The molecule has 4 aliphatic carbocycles. The Morgan fingerprint density at radius 2 is 1.96 bits per heavy atom. The maximum atomic E-state index is 12.2. The van der Waals surface area contributed by atoms with E-state index in [1.54, 1.807) is 6.92 Å². The molecule has 0 aromatic carbocycles. The molecule has 6 atom stereocenters. The lowest BCUT2D eigenvalue weighted by Gasteiger charge is -2.56. The predicted octanol–water partition coefficient (Wildman–Crippen LogP) is 4.67. The highest BCUT2D eigenvalue weighted by molar-refractivity contribution is 6.05. The second kappa shape index (κ2) is 5.03. The molecule has 2 fully saturated rings. The van der Waals surface area contributed by atoms with Gasteiger partial charge in [-0.2, -0.15) is 0 Å². The zero-order chi connectivity index (χ0) is 17.3. The number of fused-ring (bicyclic) bond motifs is 5. The van der Waals surface area contributed by atoms with E-state index in [1.165, 1.54) is 12.0 Å². The Hall–Kier alpha value is -1.44. The van der Waals surface area contributed by atoms with Crippen LogP contribution in [0.2, 0.25) is 0 Å². The van der Waals surface area contributed by atoms with Crippen LogP contribution < -0.4 is 0 Å². The highest BCUT2D eigenvalue weighted by Gasteiger charge is 2.58. The molecule has 4 rings (SSSR count). The topological polar surface area (TPSA) is 34.1 Å². The van der Waals surface area contributed by atoms with Crippen LogP contribution in [0.3, 0.4) is 0 Å². The van der Waals surface area contributed by atoms with Gasteiger partial charge in [-0.3, -0.25) is 9.59 Å². The molecular weight excluding hydrogens is 296 g/mol. The number of rotatable bonds is 1. The first-order chi connectivity index (χ1) is 11.3. The molecule has 4 aliphatic rings. The highest BCUT2D eigenvalue weighted by atomic mass is 16.1. The number of ketones is 2. The number of Topliss-reactive ketones (excluding diaryl/α,β-unsaturated/α-hetero) is 1. The van der Waals surface area contributed by atoms with Crippen LogP contribution in [0, 0.1) is 34.5 Å². The van der Waals surface area contributed by atoms with Crippen LogP contribution in [0.5, 0.6) is 0 Å². The van der Waals surface area contributed by atoms with E-state index in [-0.39, 0.29) is 22.5 Å². The zero-order valence-corrected chi connectivity index (χ0v) is 15.1. The van der Waals surface area contributed by atoms with Crippen molar-refractivity contribution in [2.24, 2.45) is 34.5 Å². The van der Waals surface area contributed by atoms with E-state index in [4.69, 9.17) is 0 Å². The Morgan fingerprint density at radius 3 is 2.67 bits per heavy atom. The van der Waals surface area contributed by atoms with E-state index in [9.17, 15) is 9.59 Å². The van der Waals surface area contributed by atoms with Gasteiger partial charge in [-0.05, 0) is 79.4 Å². The van der Waals surface area contributed by atoms with E-state index in [0.717, 1.165) is 31.3 Å². The lowest BCUT2D eigenvalue weighted by atomic mass is 9.48. The number of carbonyl (C=O) groups is 2. The van der Waals surface area contributed by atoms with Crippen molar-refractivity contribution in [3.8, 4) is 0 Å². The fraction of sp³-hybridized carbons (Fsp3) is 0.636. The molecule has 0 N–H and O–H groups in total. The van der Waals surface area contributed by atoms with Gasteiger partial charge >= 0.3 is 0 Å². The van der Waals surface area contributed by atoms with E-state index in [1.807, 2.05) is 6.08 Å². The number of hydrogen-bond acceptors (Lipinski definition) is 2. The Kier molecular flexibility index (Phi) is 3.37. The van der Waals surface area contributed by atoms with Crippen LogP contribution in [0.15, 0.2) is 36.0 Å². The van der Waals surface area contributed by atoms with Crippen molar-refractivity contribution in [2.75, 3.05) is 0 Å². The minimum Gasteiger partial charge on any atom is -0.300 e. The predicted molar refractivity (Wildman–Crippen MR) is 95.3 cm³/mol.